The first-order valence-corrected chi connectivity index (χ1v) is 5.64. The van der Waals surface area contributed by atoms with Gasteiger partial charge in [-0.25, -0.2) is 0 Å². The summed E-state index contributed by atoms with van der Waals surface area (Å²) in [4.78, 5) is 7.80. The first-order chi connectivity index (χ1) is 7.08. The zero-order valence-corrected chi connectivity index (χ0v) is 9.99. The third-order valence-electron chi connectivity index (χ3n) is 1.82. The fraction of sp³-hybridized carbons (Fsp3) is 0.111. The highest BCUT2D eigenvalue weighted by Crippen LogP contribution is 2.29. The van der Waals surface area contributed by atoms with Gasteiger partial charge in [0.1, 0.15) is 0 Å². The monoisotopic (exact) mass is 290 g/mol. The van der Waals surface area contributed by atoms with Gasteiger partial charge in [0.2, 0.25) is 11.9 Å². The summed E-state index contributed by atoms with van der Waals surface area (Å²) in [5.41, 5.74) is -0.158. The number of aromatic nitrogens is 2. The molecule has 2 aromatic rings. The maximum Gasteiger partial charge on any atom is 0.222 e. The molecule has 0 radical (unpaired) electrons. The van der Waals surface area contributed by atoms with Crippen molar-refractivity contribution in [1.82, 2.24) is 9.97 Å². The van der Waals surface area contributed by atoms with Crippen molar-refractivity contribution in [3.05, 3.63) is 33.4 Å². The number of thiophene rings is 1. The highest BCUT2D eigenvalue weighted by molar-refractivity contribution is 9.11. The van der Waals surface area contributed by atoms with Crippen LogP contribution < -0.4 is 0 Å². The Balaban J connectivity index is 2.55. The van der Waals surface area contributed by atoms with Gasteiger partial charge in [0.05, 0.1) is 14.2 Å². The number of hydrogen-bond acceptors (Lipinski definition) is 3. The Labute approximate surface area is 97.1 Å². The van der Waals surface area contributed by atoms with Gasteiger partial charge in [-0.15, -0.1) is 11.3 Å². The van der Waals surface area contributed by atoms with Crippen molar-refractivity contribution in [3.63, 3.8) is 0 Å². The Hall–Kier alpha value is -0.880. The third kappa shape index (κ3) is 2.05. The lowest BCUT2D eigenvalue weighted by molar-refractivity contribution is 0.513. The molecule has 2 heterocycles. The van der Waals surface area contributed by atoms with Gasteiger partial charge in [-0.05, 0) is 35.0 Å². The van der Waals surface area contributed by atoms with Crippen LogP contribution in [0.2, 0.25) is 0 Å². The molecule has 0 bridgehead atoms. The summed E-state index contributed by atoms with van der Waals surface area (Å²) >= 11 is 4.58. The summed E-state index contributed by atoms with van der Waals surface area (Å²) in [6, 6.07) is 3.48. The number of hydrogen-bond donors (Lipinski definition) is 0. The second-order valence-electron chi connectivity index (χ2n) is 2.86. The van der Waals surface area contributed by atoms with E-state index in [1.165, 1.54) is 18.3 Å². The van der Waals surface area contributed by atoms with Crippen LogP contribution in [0.4, 0.5) is 8.78 Å². The fourth-order valence-corrected chi connectivity index (χ4v) is 2.33. The molecule has 78 valence electrons. The predicted octanol–water partition coefficient (Wildman–Crippen LogP) is 3.55. The first kappa shape index (κ1) is 10.6. The Kier molecular flexibility index (Phi) is 2.79. The van der Waals surface area contributed by atoms with E-state index in [9.17, 15) is 8.78 Å². The molecule has 0 unspecified atom stereocenters. The topological polar surface area (TPSA) is 25.8 Å². The van der Waals surface area contributed by atoms with Crippen LogP contribution in [0, 0.1) is 18.8 Å². The lowest BCUT2D eigenvalue weighted by Gasteiger charge is -1.99. The maximum atomic E-state index is 13.1. The summed E-state index contributed by atoms with van der Waals surface area (Å²) in [6.07, 6.45) is 0. The average Bonchev–Trinajstić information content (AvgIpc) is 2.60. The Bertz CT molecular complexity index is 490. The zero-order chi connectivity index (χ0) is 11.0. The summed E-state index contributed by atoms with van der Waals surface area (Å²) in [5, 5.41) is 0. The number of halogens is 3. The smallest absolute Gasteiger partial charge is 0.198 e. The lowest BCUT2D eigenvalue weighted by atomic mass is 10.3. The van der Waals surface area contributed by atoms with E-state index in [2.05, 4.69) is 25.9 Å². The third-order valence-corrected chi connectivity index (χ3v) is 3.44. The minimum Gasteiger partial charge on any atom is -0.198 e. The standard InChI is InChI=1S/C9H5BrF2N2S/c1-4-7(11)13-9(14-8(4)12)5-2-3-6(10)15-5/h2-3H,1H3. The van der Waals surface area contributed by atoms with Crippen molar-refractivity contribution < 1.29 is 8.78 Å². The Morgan fingerprint density at radius 1 is 1.20 bits per heavy atom. The van der Waals surface area contributed by atoms with Crippen molar-refractivity contribution in [1.29, 1.82) is 0 Å². The molecular weight excluding hydrogens is 286 g/mol. The molecule has 0 saturated heterocycles. The summed E-state index contributed by atoms with van der Waals surface area (Å²) < 4.78 is 27.1. The second-order valence-corrected chi connectivity index (χ2v) is 5.32. The lowest BCUT2D eigenvalue weighted by Crippen LogP contribution is -1.99. The van der Waals surface area contributed by atoms with Gasteiger partial charge < -0.3 is 0 Å². The van der Waals surface area contributed by atoms with Crippen molar-refractivity contribution in [2.24, 2.45) is 0 Å². The highest BCUT2D eigenvalue weighted by Gasteiger charge is 2.12. The molecule has 15 heavy (non-hydrogen) atoms. The van der Waals surface area contributed by atoms with Gasteiger partial charge in [-0.2, -0.15) is 18.7 Å². The van der Waals surface area contributed by atoms with E-state index in [1.807, 2.05) is 0 Å². The van der Waals surface area contributed by atoms with E-state index >= 15 is 0 Å². The zero-order valence-electron chi connectivity index (χ0n) is 7.59. The first-order valence-electron chi connectivity index (χ1n) is 4.03. The molecule has 2 nitrogen and oxygen atoms in total. The molecule has 0 atom stereocenters. The maximum absolute atomic E-state index is 13.1. The van der Waals surface area contributed by atoms with Gasteiger partial charge >= 0.3 is 0 Å². The van der Waals surface area contributed by atoms with E-state index in [1.54, 1.807) is 12.1 Å². The van der Waals surface area contributed by atoms with Crippen LogP contribution in [0.3, 0.4) is 0 Å². The van der Waals surface area contributed by atoms with Crippen molar-refractivity contribution in [3.8, 4) is 10.7 Å². The summed E-state index contributed by atoms with van der Waals surface area (Å²) in [6.45, 7) is 1.30. The molecule has 0 spiro atoms. The Morgan fingerprint density at radius 3 is 2.27 bits per heavy atom. The van der Waals surface area contributed by atoms with E-state index in [0.29, 0.717) is 4.88 Å². The van der Waals surface area contributed by atoms with Gasteiger partial charge in [0.25, 0.3) is 0 Å². The molecule has 0 amide bonds. The molecule has 0 N–H and O–H groups in total. The van der Waals surface area contributed by atoms with Crippen molar-refractivity contribution in [2.75, 3.05) is 0 Å². The minimum atomic E-state index is -0.818. The molecule has 6 heteroatoms. The van der Waals surface area contributed by atoms with Crippen molar-refractivity contribution >= 4 is 27.3 Å². The molecule has 0 saturated carbocycles. The van der Waals surface area contributed by atoms with Crippen LogP contribution in [0.15, 0.2) is 15.9 Å². The second kappa shape index (κ2) is 3.94. The van der Waals surface area contributed by atoms with Gasteiger partial charge in [0, 0.05) is 0 Å². The van der Waals surface area contributed by atoms with E-state index in [4.69, 9.17) is 0 Å². The molecular formula is C9H5BrF2N2S. The van der Waals surface area contributed by atoms with Gasteiger partial charge in [0.15, 0.2) is 5.82 Å². The fourth-order valence-electron chi connectivity index (χ4n) is 1.01. The van der Waals surface area contributed by atoms with Gasteiger partial charge in [-0.3, -0.25) is 0 Å². The van der Waals surface area contributed by atoms with Crippen LogP contribution in [-0.2, 0) is 0 Å². The SMILES string of the molecule is Cc1c(F)nc(-c2ccc(Br)s2)nc1F. The molecule has 0 aliphatic rings. The minimum absolute atomic E-state index is 0.0753. The van der Waals surface area contributed by atoms with Crippen LogP contribution in [0.1, 0.15) is 5.56 Å². The Morgan fingerprint density at radius 2 is 1.80 bits per heavy atom. The van der Waals surface area contributed by atoms with Crippen LogP contribution in [-0.4, -0.2) is 9.97 Å². The van der Waals surface area contributed by atoms with Gasteiger partial charge in [-0.1, -0.05) is 0 Å². The van der Waals surface area contributed by atoms with E-state index < -0.39 is 11.9 Å². The predicted molar refractivity (Wildman–Crippen MR) is 57.7 cm³/mol. The normalized spacial score (nSPS) is 10.7. The molecule has 2 aromatic heterocycles. The molecule has 0 aromatic carbocycles. The van der Waals surface area contributed by atoms with Crippen LogP contribution >= 0.6 is 27.3 Å². The molecule has 0 aliphatic heterocycles. The number of rotatable bonds is 1. The van der Waals surface area contributed by atoms with E-state index in [-0.39, 0.29) is 11.4 Å². The molecule has 0 fully saturated rings. The molecule has 2 rings (SSSR count). The quantitative estimate of drug-likeness (QED) is 0.751. The average molecular weight is 291 g/mol. The number of nitrogens with zero attached hydrogens (tertiary/aromatic N) is 2. The summed E-state index contributed by atoms with van der Waals surface area (Å²) in [7, 11) is 0. The largest absolute Gasteiger partial charge is 0.222 e. The summed E-state index contributed by atoms with van der Waals surface area (Å²) in [5.74, 6) is -1.56. The van der Waals surface area contributed by atoms with Crippen LogP contribution in [0.5, 0.6) is 0 Å². The highest BCUT2D eigenvalue weighted by atomic mass is 79.9. The van der Waals surface area contributed by atoms with Crippen LogP contribution in [0.25, 0.3) is 10.7 Å². The van der Waals surface area contributed by atoms with Crippen molar-refractivity contribution in [2.45, 2.75) is 6.92 Å². The molecule has 0 aliphatic carbocycles. The van der Waals surface area contributed by atoms with E-state index in [0.717, 1.165) is 3.79 Å².